The lowest BCUT2D eigenvalue weighted by molar-refractivity contribution is 0.0529. The number of thiophene rings is 1. The average Bonchev–Trinajstić information content (AvgIpc) is 3.45. The largest absolute Gasteiger partial charge is 0.462 e. The van der Waals surface area contributed by atoms with Gasteiger partial charge in [0.05, 0.1) is 23.4 Å². The minimum Gasteiger partial charge on any atom is -0.462 e. The number of benzene rings is 4. The van der Waals surface area contributed by atoms with Gasteiger partial charge in [-0.25, -0.2) is 9.78 Å². The fourth-order valence-electron chi connectivity index (χ4n) is 4.83. The number of rotatable bonds is 7. The first-order chi connectivity index (χ1) is 20.1. The molecule has 5 nitrogen and oxygen atoms in total. The molecule has 6 aromatic rings. The monoisotopic (exact) mass is 554 g/mol. The number of para-hydroxylation sites is 1. The molecular formula is C35H26N2O3S. The van der Waals surface area contributed by atoms with Crippen LogP contribution in [0.2, 0.25) is 0 Å². The van der Waals surface area contributed by atoms with Crippen LogP contribution < -0.4 is 5.32 Å². The van der Waals surface area contributed by atoms with Crippen molar-refractivity contribution < 1.29 is 14.3 Å². The molecule has 0 unspecified atom stereocenters. The summed E-state index contributed by atoms with van der Waals surface area (Å²) in [4.78, 5) is 31.8. The summed E-state index contributed by atoms with van der Waals surface area (Å²) in [5, 5.41) is 6.08. The number of pyridine rings is 1. The van der Waals surface area contributed by atoms with E-state index in [1.807, 2.05) is 102 Å². The van der Waals surface area contributed by atoms with Gasteiger partial charge in [0.25, 0.3) is 5.91 Å². The van der Waals surface area contributed by atoms with Gasteiger partial charge in [0, 0.05) is 21.9 Å². The highest BCUT2D eigenvalue weighted by molar-refractivity contribution is 7.15. The molecule has 1 amide bonds. The van der Waals surface area contributed by atoms with E-state index in [9.17, 15) is 9.59 Å². The Morgan fingerprint density at radius 1 is 0.756 bits per heavy atom. The molecule has 6 rings (SSSR count). The van der Waals surface area contributed by atoms with E-state index in [2.05, 4.69) is 17.4 Å². The normalized spacial score (nSPS) is 10.9. The molecule has 0 aliphatic heterocycles. The Kier molecular flexibility index (Phi) is 7.39. The minimum atomic E-state index is -0.476. The average molecular weight is 555 g/mol. The molecule has 0 spiro atoms. The van der Waals surface area contributed by atoms with E-state index in [1.54, 1.807) is 13.0 Å². The summed E-state index contributed by atoms with van der Waals surface area (Å²) >= 11 is 1.31. The van der Waals surface area contributed by atoms with Crippen molar-refractivity contribution in [3.05, 3.63) is 132 Å². The Labute approximate surface area is 242 Å². The van der Waals surface area contributed by atoms with E-state index in [0.29, 0.717) is 27.4 Å². The number of amides is 1. The molecule has 0 saturated carbocycles. The predicted octanol–water partition coefficient (Wildman–Crippen LogP) is 8.73. The molecule has 0 bridgehead atoms. The van der Waals surface area contributed by atoms with Gasteiger partial charge in [0.15, 0.2) is 0 Å². The number of nitrogens with zero attached hydrogens (tertiary/aromatic N) is 1. The number of hydrogen-bond acceptors (Lipinski definition) is 5. The number of anilines is 1. The van der Waals surface area contributed by atoms with Crippen LogP contribution in [-0.2, 0) is 4.74 Å². The minimum absolute atomic E-state index is 0.226. The van der Waals surface area contributed by atoms with Crippen LogP contribution in [0.3, 0.4) is 0 Å². The zero-order valence-electron chi connectivity index (χ0n) is 22.3. The van der Waals surface area contributed by atoms with E-state index in [0.717, 1.165) is 33.2 Å². The molecule has 2 heterocycles. The summed E-state index contributed by atoms with van der Waals surface area (Å²) in [7, 11) is 0. The molecule has 2 aromatic heterocycles. The number of nitrogens with one attached hydrogen (secondary N) is 1. The summed E-state index contributed by atoms with van der Waals surface area (Å²) in [6.07, 6.45) is 0. The van der Waals surface area contributed by atoms with Crippen molar-refractivity contribution >= 4 is 39.1 Å². The summed E-state index contributed by atoms with van der Waals surface area (Å²) in [5.74, 6) is -0.796. The summed E-state index contributed by atoms with van der Waals surface area (Å²) in [6.45, 7) is 1.99. The lowest BCUT2D eigenvalue weighted by atomic mass is 9.99. The standard InChI is InChI=1S/C35H26N2O3S/c1-2-40-35(39)32-29(25-19-17-24(18-20-25)23-11-5-3-6-12-23)22-41-34(32)37-33(38)28-21-31(26-13-7-4-8-14-26)36-30-16-10-9-15-27(28)30/h3-22H,2H2,1H3,(H,37,38). The van der Waals surface area contributed by atoms with Crippen molar-refractivity contribution in [2.24, 2.45) is 0 Å². The van der Waals surface area contributed by atoms with Crippen LogP contribution in [0.15, 0.2) is 121 Å². The van der Waals surface area contributed by atoms with Crippen LogP contribution in [0.1, 0.15) is 27.6 Å². The third-order valence-electron chi connectivity index (χ3n) is 6.83. The lowest BCUT2D eigenvalue weighted by Gasteiger charge is -2.12. The number of fused-ring (bicyclic) bond motifs is 1. The second-order valence-electron chi connectivity index (χ2n) is 9.41. The van der Waals surface area contributed by atoms with Crippen LogP contribution in [0.5, 0.6) is 0 Å². The fraction of sp³-hybridized carbons (Fsp3) is 0.0571. The van der Waals surface area contributed by atoms with E-state index in [-0.39, 0.29) is 12.5 Å². The van der Waals surface area contributed by atoms with Crippen molar-refractivity contribution in [1.29, 1.82) is 0 Å². The maximum atomic E-state index is 13.8. The molecule has 0 atom stereocenters. The summed E-state index contributed by atoms with van der Waals surface area (Å²) in [5.41, 5.74) is 6.93. The molecule has 200 valence electrons. The maximum Gasteiger partial charge on any atom is 0.341 e. The van der Waals surface area contributed by atoms with Crippen LogP contribution >= 0.6 is 11.3 Å². The quantitative estimate of drug-likeness (QED) is 0.200. The number of carbonyl (C=O) groups excluding carboxylic acids is 2. The predicted molar refractivity (Wildman–Crippen MR) is 166 cm³/mol. The summed E-state index contributed by atoms with van der Waals surface area (Å²) < 4.78 is 5.42. The van der Waals surface area contributed by atoms with Gasteiger partial charge < -0.3 is 10.1 Å². The van der Waals surface area contributed by atoms with Crippen LogP contribution in [0.25, 0.3) is 44.4 Å². The highest BCUT2D eigenvalue weighted by atomic mass is 32.1. The molecule has 0 saturated heterocycles. The lowest BCUT2D eigenvalue weighted by Crippen LogP contribution is -2.15. The Morgan fingerprint density at radius 2 is 1.37 bits per heavy atom. The van der Waals surface area contributed by atoms with E-state index in [4.69, 9.17) is 9.72 Å². The maximum absolute atomic E-state index is 13.8. The molecular weight excluding hydrogens is 528 g/mol. The first-order valence-electron chi connectivity index (χ1n) is 13.3. The molecule has 1 N–H and O–H groups in total. The number of hydrogen-bond donors (Lipinski definition) is 1. The zero-order valence-corrected chi connectivity index (χ0v) is 23.2. The highest BCUT2D eigenvalue weighted by Gasteiger charge is 2.24. The number of esters is 1. The smallest absolute Gasteiger partial charge is 0.341 e. The highest BCUT2D eigenvalue weighted by Crippen LogP contribution is 2.38. The third kappa shape index (κ3) is 5.38. The second-order valence-corrected chi connectivity index (χ2v) is 10.3. The number of ether oxygens (including phenoxy) is 1. The van der Waals surface area contributed by atoms with Crippen molar-refractivity contribution in [2.75, 3.05) is 11.9 Å². The second kappa shape index (κ2) is 11.6. The van der Waals surface area contributed by atoms with Crippen LogP contribution in [-0.4, -0.2) is 23.5 Å². The molecule has 41 heavy (non-hydrogen) atoms. The first kappa shape index (κ1) is 26.2. The molecule has 6 heteroatoms. The van der Waals surface area contributed by atoms with E-state index >= 15 is 0 Å². The third-order valence-corrected chi connectivity index (χ3v) is 7.73. The number of carbonyl (C=O) groups is 2. The van der Waals surface area contributed by atoms with Gasteiger partial charge >= 0.3 is 5.97 Å². The van der Waals surface area contributed by atoms with Gasteiger partial charge in [0.1, 0.15) is 10.6 Å². The van der Waals surface area contributed by atoms with Crippen molar-refractivity contribution in [1.82, 2.24) is 4.98 Å². The Balaban J connectivity index is 1.38. The van der Waals surface area contributed by atoms with E-state index < -0.39 is 5.97 Å². The van der Waals surface area contributed by atoms with Gasteiger partial charge in [-0.3, -0.25) is 4.79 Å². The zero-order chi connectivity index (χ0) is 28.2. The molecule has 0 aliphatic carbocycles. The Bertz CT molecular complexity index is 1850. The molecule has 0 fully saturated rings. The van der Waals surface area contributed by atoms with Gasteiger partial charge in [-0.2, -0.15) is 0 Å². The van der Waals surface area contributed by atoms with Gasteiger partial charge in [-0.15, -0.1) is 11.3 Å². The molecule has 4 aromatic carbocycles. The number of aromatic nitrogens is 1. The molecule has 0 aliphatic rings. The topological polar surface area (TPSA) is 68.3 Å². The first-order valence-corrected chi connectivity index (χ1v) is 14.2. The van der Waals surface area contributed by atoms with Gasteiger partial charge in [-0.1, -0.05) is 103 Å². The van der Waals surface area contributed by atoms with Gasteiger partial charge in [0.2, 0.25) is 0 Å². The summed E-state index contributed by atoms with van der Waals surface area (Å²) in [6, 6.07) is 37.3. The fourth-order valence-corrected chi connectivity index (χ4v) is 5.78. The van der Waals surface area contributed by atoms with Crippen LogP contribution in [0, 0.1) is 0 Å². The Hall–Kier alpha value is -5.07. The Morgan fingerprint density at radius 3 is 2.07 bits per heavy atom. The van der Waals surface area contributed by atoms with Crippen LogP contribution in [0.4, 0.5) is 5.00 Å². The van der Waals surface area contributed by atoms with Crippen molar-refractivity contribution in [2.45, 2.75) is 6.92 Å². The van der Waals surface area contributed by atoms with Crippen molar-refractivity contribution in [3.63, 3.8) is 0 Å². The SMILES string of the molecule is CCOC(=O)c1c(-c2ccc(-c3ccccc3)cc2)csc1NC(=O)c1cc(-c2ccccc2)nc2ccccc12. The van der Waals surface area contributed by atoms with E-state index in [1.165, 1.54) is 11.3 Å². The van der Waals surface area contributed by atoms with Gasteiger partial charge in [-0.05, 0) is 35.7 Å². The van der Waals surface area contributed by atoms with Crippen molar-refractivity contribution in [3.8, 4) is 33.5 Å². The molecule has 0 radical (unpaired) electrons.